The highest BCUT2D eigenvalue weighted by Crippen LogP contribution is 2.25. The summed E-state index contributed by atoms with van der Waals surface area (Å²) in [5, 5.41) is 12.3. The molecular weight excluding hydrogens is 278 g/mol. The van der Waals surface area contributed by atoms with Gasteiger partial charge in [-0.15, -0.1) is 0 Å². The molecule has 0 spiro atoms. The Labute approximate surface area is 111 Å². The second-order valence-corrected chi connectivity index (χ2v) is 5.41. The minimum atomic E-state index is 0.498. The van der Waals surface area contributed by atoms with E-state index in [2.05, 4.69) is 39.3 Å². The van der Waals surface area contributed by atoms with Gasteiger partial charge in [-0.2, -0.15) is 5.26 Å². The Morgan fingerprint density at radius 2 is 2.35 bits per heavy atom. The Morgan fingerprint density at radius 3 is 3.00 bits per heavy atom. The molecule has 1 saturated heterocycles. The van der Waals surface area contributed by atoms with Gasteiger partial charge >= 0.3 is 0 Å². The van der Waals surface area contributed by atoms with Crippen LogP contribution in [0.15, 0.2) is 22.7 Å². The van der Waals surface area contributed by atoms with Gasteiger partial charge in [0.15, 0.2) is 0 Å². The highest BCUT2D eigenvalue weighted by Gasteiger charge is 2.17. The predicted octanol–water partition coefficient (Wildman–Crippen LogP) is 2.83. The first-order valence-electron chi connectivity index (χ1n) is 5.84. The summed E-state index contributed by atoms with van der Waals surface area (Å²) in [6.07, 6.45) is 2.44. The molecule has 0 aliphatic carbocycles. The lowest BCUT2D eigenvalue weighted by Gasteiger charge is -2.31. The van der Waals surface area contributed by atoms with Gasteiger partial charge in [0.1, 0.15) is 0 Å². The van der Waals surface area contributed by atoms with Crippen LogP contribution in [0.4, 0.5) is 5.69 Å². The Kier molecular flexibility index (Phi) is 4.03. The Morgan fingerprint density at radius 1 is 1.53 bits per heavy atom. The summed E-state index contributed by atoms with van der Waals surface area (Å²) < 4.78 is 0.963. The van der Waals surface area contributed by atoms with E-state index < -0.39 is 0 Å². The SMILES string of the molecule is CN1CCCC(Nc2ccc(C#N)cc2Br)C1. The van der Waals surface area contributed by atoms with Crippen LogP contribution < -0.4 is 5.32 Å². The van der Waals surface area contributed by atoms with Crippen LogP contribution >= 0.6 is 15.9 Å². The highest BCUT2D eigenvalue weighted by atomic mass is 79.9. The number of nitriles is 1. The number of hydrogen-bond acceptors (Lipinski definition) is 3. The van der Waals surface area contributed by atoms with Crippen LogP contribution in [0.3, 0.4) is 0 Å². The first-order valence-corrected chi connectivity index (χ1v) is 6.63. The lowest BCUT2D eigenvalue weighted by Crippen LogP contribution is -2.39. The van der Waals surface area contributed by atoms with Gasteiger partial charge in [-0.1, -0.05) is 0 Å². The number of rotatable bonds is 2. The zero-order chi connectivity index (χ0) is 12.3. The van der Waals surface area contributed by atoms with Crippen LogP contribution in [0.1, 0.15) is 18.4 Å². The molecule has 1 aromatic rings. The van der Waals surface area contributed by atoms with Crippen LogP contribution in [0, 0.1) is 11.3 Å². The van der Waals surface area contributed by atoms with Crippen molar-refractivity contribution in [3.63, 3.8) is 0 Å². The van der Waals surface area contributed by atoms with Crippen molar-refractivity contribution in [3.05, 3.63) is 28.2 Å². The number of likely N-dealkylation sites (tertiary alicyclic amines) is 1. The monoisotopic (exact) mass is 293 g/mol. The van der Waals surface area contributed by atoms with Crippen molar-refractivity contribution in [2.45, 2.75) is 18.9 Å². The van der Waals surface area contributed by atoms with Crippen molar-refractivity contribution < 1.29 is 0 Å². The molecule has 1 heterocycles. The third-order valence-corrected chi connectivity index (χ3v) is 3.74. The molecule has 4 heteroatoms. The average Bonchev–Trinajstić information content (AvgIpc) is 2.32. The van der Waals surface area contributed by atoms with Gasteiger partial charge in [-0.25, -0.2) is 0 Å². The summed E-state index contributed by atoms with van der Waals surface area (Å²) >= 11 is 3.50. The standard InChI is InChI=1S/C13H16BrN3/c1-17-6-2-3-11(9-17)16-13-5-4-10(8-15)7-12(13)14/h4-5,7,11,16H,2-3,6,9H2,1H3. The maximum atomic E-state index is 8.81. The number of nitrogens with one attached hydrogen (secondary N) is 1. The van der Waals surface area contributed by atoms with E-state index in [1.54, 1.807) is 0 Å². The molecule has 0 amide bonds. The molecule has 1 atom stereocenters. The fraction of sp³-hybridized carbons (Fsp3) is 0.462. The number of nitrogens with zero attached hydrogens (tertiary/aromatic N) is 2. The van der Waals surface area contributed by atoms with Gasteiger partial charge in [-0.3, -0.25) is 0 Å². The van der Waals surface area contributed by atoms with Crippen molar-refractivity contribution in [1.82, 2.24) is 4.90 Å². The van der Waals surface area contributed by atoms with Gasteiger partial charge in [0.2, 0.25) is 0 Å². The first kappa shape index (κ1) is 12.4. The van der Waals surface area contributed by atoms with E-state index in [9.17, 15) is 0 Å². The topological polar surface area (TPSA) is 39.1 Å². The third-order valence-electron chi connectivity index (χ3n) is 3.08. The number of hydrogen-bond donors (Lipinski definition) is 1. The van der Waals surface area contributed by atoms with Crippen molar-refractivity contribution in [2.75, 3.05) is 25.5 Å². The molecule has 0 saturated carbocycles. The van der Waals surface area contributed by atoms with Crippen LogP contribution in [-0.4, -0.2) is 31.1 Å². The van der Waals surface area contributed by atoms with Gasteiger partial charge in [0, 0.05) is 22.7 Å². The largest absolute Gasteiger partial charge is 0.380 e. The van der Waals surface area contributed by atoms with Crippen LogP contribution in [0.2, 0.25) is 0 Å². The van der Waals surface area contributed by atoms with E-state index in [0.29, 0.717) is 11.6 Å². The molecule has 0 radical (unpaired) electrons. The molecule has 1 N–H and O–H groups in total. The second kappa shape index (κ2) is 5.52. The van der Waals surface area contributed by atoms with Crippen molar-refractivity contribution in [1.29, 1.82) is 5.26 Å². The van der Waals surface area contributed by atoms with Crippen molar-refractivity contribution in [3.8, 4) is 6.07 Å². The number of halogens is 1. The van der Waals surface area contributed by atoms with E-state index in [-0.39, 0.29) is 0 Å². The van der Waals surface area contributed by atoms with E-state index in [1.165, 1.54) is 19.4 Å². The number of likely N-dealkylation sites (N-methyl/N-ethyl adjacent to an activating group) is 1. The minimum absolute atomic E-state index is 0.498. The molecule has 90 valence electrons. The van der Waals surface area contributed by atoms with Crippen LogP contribution in [0.5, 0.6) is 0 Å². The summed E-state index contributed by atoms with van der Waals surface area (Å²) in [4.78, 5) is 2.35. The molecule has 0 aromatic heterocycles. The molecule has 0 bridgehead atoms. The Hall–Kier alpha value is -1.05. The summed E-state index contributed by atoms with van der Waals surface area (Å²) in [5.41, 5.74) is 1.76. The lowest BCUT2D eigenvalue weighted by atomic mass is 10.1. The summed E-state index contributed by atoms with van der Waals surface area (Å²) in [7, 11) is 2.15. The third kappa shape index (κ3) is 3.21. The molecule has 3 nitrogen and oxygen atoms in total. The summed E-state index contributed by atoms with van der Waals surface area (Å²) in [6.45, 7) is 2.26. The molecule has 1 aliphatic heterocycles. The van der Waals surface area contributed by atoms with Gasteiger partial charge in [-0.05, 0) is 60.6 Å². The number of benzene rings is 1. The molecule has 2 rings (SSSR count). The van der Waals surface area contributed by atoms with Gasteiger partial charge in [0.25, 0.3) is 0 Å². The summed E-state index contributed by atoms with van der Waals surface area (Å²) in [6, 6.07) is 8.31. The van der Waals surface area contributed by atoms with Crippen LogP contribution in [0.25, 0.3) is 0 Å². The predicted molar refractivity (Wildman–Crippen MR) is 73.0 cm³/mol. The zero-order valence-corrected chi connectivity index (χ0v) is 11.5. The Bertz CT molecular complexity index is 439. The Balaban J connectivity index is 2.06. The van der Waals surface area contributed by atoms with Crippen molar-refractivity contribution in [2.24, 2.45) is 0 Å². The smallest absolute Gasteiger partial charge is 0.0992 e. The molecular formula is C13H16BrN3. The lowest BCUT2D eigenvalue weighted by molar-refractivity contribution is 0.261. The minimum Gasteiger partial charge on any atom is -0.380 e. The fourth-order valence-electron chi connectivity index (χ4n) is 2.21. The van der Waals surface area contributed by atoms with Gasteiger partial charge in [0.05, 0.1) is 11.6 Å². The van der Waals surface area contributed by atoms with Crippen molar-refractivity contribution >= 4 is 21.6 Å². The fourth-order valence-corrected chi connectivity index (χ4v) is 2.70. The highest BCUT2D eigenvalue weighted by molar-refractivity contribution is 9.10. The maximum absolute atomic E-state index is 8.81. The van der Waals surface area contributed by atoms with E-state index >= 15 is 0 Å². The molecule has 1 aliphatic rings. The molecule has 17 heavy (non-hydrogen) atoms. The molecule has 1 unspecified atom stereocenters. The number of piperidine rings is 1. The maximum Gasteiger partial charge on any atom is 0.0992 e. The molecule has 1 fully saturated rings. The average molecular weight is 294 g/mol. The quantitative estimate of drug-likeness (QED) is 0.911. The number of anilines is 1. The first-order chi connectivity index (χ1) is 8.19. The van der Waals surface area contributed by atoms with E-state index in [1.807, 2.05) is 18.2 Å². The normalized spacial score (nSPS) is 20.9. The van der Waals surface area contributed by atoms with E-state index in [4.69, 9.17) is 5.26 Å². The molecule has 1 aromatic carbocycles. The zero-order valence-electron chi connectivity index (χ0n) is 9.91. The van der Waals surface area contributed by atoms with Crippen LogP contribution in [-0.2, 0) is 0 Å². The second-order valence-electron chi connectivity index (χ2n) is 4.55. The van der Waals surface area contributed by atoms with E-state index in [0.717, 1.165) is 16.7 Å². The van der Waals surface area contributed by atoms with Gasteiger partial charge < -0.3 is 10.2 Å². The summed E-state index contributed by atoms with van der Waals surface area (Å²) in [5.74, 6) is 0.